The highest BCUT2D eigenvalue weighted by molar-refractivity contribution is 5.98. The molecule has 1 rings (SSSR count). The second-order valence-electron chi connectivity index (χ2n) is 5.96. The zero-order valence-corrected chi connectivity index (χ0v) is 14.5. The molecule has 0 fully saturated rings. The van der Waals surface area contributed by atoms with Gasteiger partial charge in [0.15, 0.2) is 5.78 Å². The van der Waals surface area contributed by atoms with E-state index in [1.54, 1.807) is 0 Å². The Bertz CT molecular complexity index is 843. The van der Waals surface area contributed by atoms with Gasteiger partial charge < -0.3 is 5.32 Å². The standard InChI is InChI=1S/C15H8F13NO2/c1-6(30)7-2-4-8(5-3-7)29-9(31)10(16,17)11(18,19)12(20,21)13(22,23)14(24,25)15(26,27)28/h2-5H,1H3,(H,29,31). The van der Waals surface area contributed by atoms with Crippen LogP contribution in [0.1, 0.15) is 17.3 Å². The van der Waals surface area contributed by atoms with E-state index >= 15 is 0 Å². The van der Waals surface area contributed by atoms with Gasteiger partial charge in [-0.15, -0.1) is 0 Å². The number of carbonyl (C=O) groups is 2. The molecular weight excluding hydrogens is 473 g/mol. The highest BCUT2D eigenvalue weighted by Crippen LogP contribution is 2.60. The summed E-state index contributed by atoms with van der Waals surface area (Å²) in [5.41, 5.74) is -0.961. The fraction of sp³-hybridized carbons (Fsp3) is 0.467. The lowest BCUT2D eigenvalue weighted by molar-refractivity contribution is -0.435. The summed E-state index contributed by atoms with van der Waals surface area (Å²) in [5.74, 6) is -42.7. The second kappa shape index (κ2) is 7.55. The molecule has 0 saturated heterocycles. The molecule has 0 aliphatic rings. The Hall–Kier alpha value is -2.55. The number of amides is 1. The van der Waals surface area contributed by atoms with Gasteiger partial charge in [-0.2, -0.15) is 57.1 Å². The van der Waals surface area contributed by atoms with Gasteiger partial charge in [0.2, 0.25) is 0 Å². The maximum Gasteiger partial charge on any atom is 0.460 e. The molecule has 0 aromatic heterocycles. The molecule has 3 nitrogen and oxygen atoms in total. The average molecular weight is 481 g/mol. The predicted octanol–water partition coefficient (Wildman–Crippen LogP) is 5.57. The zero-order chi connectivity index (χ0) is 24.8. The summed E-state index contributed by atoms with van der Waals surface area (Å²) in [4.78, 5) is 22.3. The number of carbonyl (C=O) groups excluding carboxylic acids is 2. The van der Waals surface area contributed by atoms with Crippen LogP contribution in [-0.2, 0) is 4.79 Å². The Morgan fingerprint density at radius 1 is 0.645 bits per heavy atom. The van der Waals surface area contributed by atoms with Gasteiger partial charge in [0.05, 0.1) is 0 Å². The van der Waals surface area contributed by atoms with E-state index in [4.69, 9.17) is 0 Å². The van der Waals surface area contributed by atoms with E-state index in [1.807, 2.05) is 0 Å². The fourth-order valence-electron chi connectivity index (χ4n) is 1.91. The van der Waals surface area contributed by atoms with Crippen molar-refractivity contribution in [2.45, 2.75) is 42.7 Å². The Labute approximate surface area is 163 Å². The zero-order valence-electron chi connectivity index (χ0n) is 14.5. The van der Waals surface area contributed by atoms with E-state index in [2.05, 4.69) is 0 Å². The van der Waals surface area contributed by atoms with E-state index < -0.39 is 53.2 Å². The summed E-state index contributed by atoms with van der Waals surface area (Å²) >= 11 is 0. The van der Waals surface area contributed by atoms with Gasteiger partial charge in [0.1, 0.15) is 0 Å². The molecule has 0 unspecified atom stereocenters. The number of benzene rings is 1. The quantitative estimate of drug-likeness (QED) is 0.409. The van der Waals surface area contributed by atoms with Crippen LogP contribution in [0.2, 0.25) is 0 Å². The van der Waals surface area contributed by atoms with Crippen LogP contribution in [0.5, 0.6) is 0 Å². The second-order valence-corrected chi connectivity index (χ2v) is 5.96. The predicted molar refractivity (Wildman–Crippen MR) is 75.9 cm³/mol. The van der Waals surface area contributed by atoms with Crippen LogP contribution >= 0.6 is 0 Å². The van der Waals surface area contributed by atoms with Crippen molar-refractivity contribution in [2.24, 2.45) is 0 Å². The first-order valence-corrected chi connectivity index (χ1v) is 7.44. The van der Waals surface area contributed by atoms with Crippen molar-refractivity contribution < 1.29 is 66.7 Å². The number of alkyl halides is 13. The molecule has 0 heterocycles. The van der Waals surface area contributed by atoms with E-state index in [0.717, 1.165) is 24.4 Å². The first-order valence-electron chi connectivity index (χ1n) is 7.44. The Morgan fingerprint density at radius 3 is 1.39 bits per heavy atom. The maximum absolute atomic E-state index is 13.6. The van der Waals surface area contributed by atoms with Crippen molar-refractivity contribution in [3.05, 3.63) is 29.8 Å². The largest absolute Gasteiger partial charge is 0.460 e. The van der Waals surface area contributed by atoms with Crippen LogP contribution in [0.25, 0.3) is 0 Å². The van der Waals surface area contributed by atoms with Crippen LogP contribution in [0.15, 0.2) is 24.3 Å². The highest BCUT2D eigenvalue weighted by Gasteiger charge is 2.91. The number of rotatable bonds is 7. The molecule has 176 valence electrons. The summed E-state index contributed by atoms with van der Waals surface area (Å²) in [5, 5.41) is 0.879. The third-order valence-corrected chi connectivity index (χ3v) is 3.77. The first-order chi connectivity index (χ1) is 13.6. The van der Waals surface area contributed by atoms with Crippen LogP contribution in [0.3, 0.4) is 0 Å². The molecule has 16 heteroatoms. The van der Waals surface area contributed by atoms with Gasteiger partial charge in [0, 0.05) is 11.3 Å². The van der Waals surface area contributed by atoms with Crippen molar-refractivity contribution in [3.63, 3.8) is 0 Å². The summed E-state index contributed by atoms with van der Waals surface area (Å²) in [7, 11) is 0. The maximum atomic E-state index is 13.6. The van der Waals surface area contributed by atoms with Gasteiger partial charge >= 0.3 is 41.7 Å². The number of hydrogen-bond donors (Lipinski definition) is 1. The molecule has 0 aliphatic heterocycles. The lowest BCUT2D eigenvalue weighted by atomic mass is 9.93. The van der Waals surface area contributed by atoms with Crippen LogP contribution < -0.4 is 5.32 Å². The molecule has 0 bridgehead atoms. The minimum absolute atomic E-state index is 0.101. The van der Waals surface area contributed by atoms with Crippen LogP contribution in [0, 0.1) is 0 Å². The van der Waals surface area contributed by atoms with E-state index in [9.17, 15) is 66.7 Å². The molecule has 1 aromatic carbocycles. The van der Waals surface area contributed by atoms with Crippen LogP contribution in [-0.4, -0.2) is 47.5 Å². The van der Waals surface area contributed by atoms with Gasteiger partial charge in [-0.05, 0) is 31.2 Å². The monoisotopic (exact) mass is 481 g/mol. The molecule has 0 saturated carbocycles. The van der Waals surface area contributed by atoms with Crippen molar-refractivity contribution in [1.29, 1.82) is 0 Å². The third-order valence-electron chi connectivity index (χ3n) is 3.77. The van der Waals surface area contributed by atoms with E-state index in [1.165, 1.54) is 0 Å². The molecule has 0 radical (unpaired) electrons. The fourth-order valence-corrected chi connectivity index (χ4v) is 1.91. The normalized spacial score (nSPS) is 14.4. The van der Waals surface area contributed by atoms with Gasteiger partial charge in [-0.25, -0.2) is 0 Å². The number of Topliss-reactive ketones (excluding diaryl/α,β-unsaturated/α-hetero) is 1. The number of halogens is 13. The molecule has 1 N–H and O–H groups in total. The Balaban J connectivity index is 3.35. The molecule has 1 aromatic rings. The number of ketones is 1. The van der Waals surface area contributed by atoms with Crippen molar-refractivity contribution >= 4 is 17.4 Å². The number of nitrogens with one attached hydrogen (secondary N) is 1. The van der Waals surface area contributed by atoms with Gasteiger partial charge in [-0.1, -0.05) is 0 Å². The number of anilines is 1. The minimum Gasteiger partial charge on any atom is -0.321 e. The average Bonchev–Trinajstić information content (AvgIpc) is 2.60. The summed E-state index contributed by atoms with van der Waals surface area (Å²) in [6.45, 7) is 1.03. The minimum atomic E-state index is -8.09. The number of hydrogen-bond acceptors (Lipinski definition) is 2. The molecule has 0 spiro atoms. The Morgan fingerprint density at radius 2 is 1.03 bits per heavy atom. The SMILES string of the molecule is CC(=O)c1ccc(NC(=O)C(F)(F)C(F)(F)C(F)(F)C(F)(F)C(F)(F)C(F)(F)F)cc1. The first kappa shape index (κ1) is 26.5. The van der Waals surface area contributed by atoms with Crippen molar-refractivity contribution in [3.8, 4) is 0 Å². The highest BCUT2D eigenvalue weighted by atomic mass is 19.4. The van der Waals surface area contributed by atoms with E-state index in [0.29, 0.717) is 12.1 Å². The van der Waals surface area contributed by atoms with Crippen molar-refractivity contribution in [2.75, 3.05) is 5.32 Å². The topological polar surface area (TPSA) is 46.2 Å². The molecule has 0 atom stereocenters. The molecule has 0 aliphatic carbocycles. The van der Waals surface area contributed by atoms with Gasteiger partial charge in [0.25, 0.3) is 0 Å². The summed E-state index contributed by atoms with van der Waals surface area (Å²) in [6, 6.07) is 2.91. The molecule has 31 heavy (non-hydrogen) atoms. The lowest BCUT2D eigenvalue weighted by Crippen LogP contribution is -2.71. The molecular formula is C15H8F13NO2. The smallest absolute Gasteiger partial charge is 0.321 e. The summed E-state index contributed by atoms with van der Waals surface area (Å²) in [6.07, 6.45) is -7.54. The molecule has 1 amide bonds. The Kier molecular flexibility index (Phi) is 6.45. The van der Waals surface area contributed by atoms with Gasteiger partial charge in [-0.3, -0.25) is 9.59 Å². The van der Waals surface area contributed by atoms with Crippen molar-refractivity contribution in [1.82, 2.24) is 0 Å². The third kappa shape index (κ3) is 4.03. The van der Waals surface area contributed by atoms with E-state index in [-0.39, 0.29) is 5.56 Å². The lowest BCUT2D eigenvalue weighted by Gasteiger charge is -2.39. The summed E-state index contributed by atoms with van der Waals surface area (Å²) < 4.78 is 169. The van der Waals surface area contributed by atoms with Crippen LogP contribution in [0.4, 0.5) is 62.8 Å².